The minimum atomic E-state index is -2.82. The molecule has 1 atom stereocenters. The molecule has 124 valence electrons. The Bertz CT molecular complexity index is 501. The van der Waals surface area contributed by atoms with E-state index in [1.807, 2.05) is 11.8 Å². The molecule has 1 aromatic rings. The molecule has 0 radical (unpaired) electrons. The molecule has 1 fully saturated rings. The van der Waals surface area contributed by atoms with Crippen LogP contribution in [0.25, 0.3) is 0 Å². The Morgan fingerprint density at radius 2 is 2.23 bits per heavy atom. The summed E-state index contributed by atoms with van der Waals surface area (Å²) in [5.41, 5.74) is 6.41. The van der Waals surface area contributed by atoms with E-state index < -0.39 is 6.61 Å². The van der Waals surface area contributed by atoms with Gasteiger partial charge in [-0.25, -0.2) is 0 Å². The molecule has 0 spiro atoms. The van der Waals surface area contributed by atoms with Crippen LogP contribution in [-0.4, -0.2) is 38.2 Å². The molecule has 22 heavy (non-hydrogen) atoms. The maximum absolute atomic E-state index is 12.4. The van der Waals surface area contributed by atoms with Gasteiger partial charge < -0.3 is 20.7 Å². The fourth-order valence-corrected chi connectivity index (χ4v) is 2.44. The van der Waals surface area contributed by atoms with E-state index in [1.54, 1.807) is 24.3 Å². The van der Waals surface area contributed by atoms with Gasteiger partial charge in [0.2, 0.25) is 0 Å². The molecular weight excluding hydrogens is 405 g/mol. The highest BCUT2D eigenvalue weighted by molar-refractivity contribution is 14.0. The lowest BCUT2D eigenvalue weighted by Gasteiger charge is -2.22. The Morgan fingerprint density at radius 3 is 2.91 bits per heavy atom. The third kappa shape index (κ3) is 5.15. The van der Waals surface area contributed by atoms with Crippen LogP contribution in [0.15, 0.2) is 29.3 Å². The predicted octanol–water partition coefficient (Wildman–Crippen LogP) is 2.41. The lowest BCUT2D eigenvalue weighted by atomic mass is 10.2. The summed E-state index contributed by atoms with van der Waals surface area (Å²) in [5, 5.41) is 3.14. The highest BCUT2D eigenvalue weighted by Gasteiger charge is 2.25. The number of para-hydroxylation sites is 2. The number of benzene rings is 1. The maximum atomic E-state index is 12.4. The lowest BCUT2D eigenvalue weighted by Crippen LogP contribution is -2.41. The largest absolute Gasteiger partial charge is 0.433 e. The van der Waals surface area contributed by atoms with Crippen molar-refractivity contribution in [2.24, 2.45) is 10.7 Å². The Morgan fingerprint density at radius 1 is 1.50 bits per heavy atom. The molecule has 1 heterocycles. The van der Waals surface area contributed by atoms with Gasteiger partial charge in [0.15, 0.2) is 5.96 Å². The van der Waals surface area contributed by atoms with E-state index in [0.29, 0.717) is 24.7 Å². The molecule has 2 rings (SSSR count). The zero-order chi connectivity index (χ0) is 15.2. The smallest absolute Gasteiger partial charge is 0.387 e. The lowest BCUT2D eigenvalue weighted by molar-refractivity contribution is -0.0495. The minimum Gasteiger partial charge on any atom is -0.433 e. The first kappa shape index (κ1) is 18.7. The van der Waals surface area contributed by atoms with Gasteiger partial charge in [-0.05, 0) is 25.5 Å². The number of hydrogen-bond donors (Lipinski definition) is 2. The molecule has 0 bridgehead atoms. The van der Waals surface area contributed by atoms with Crippen molar-refractivity contribution < 1.29 is 13.5 Å². The number of anilines is 1. The van der Waals surface area contributed by atoms with Crippen molar-refractivity contribution in [3.05, 3.63) is 24.3 Å². The second-order valence-electron chi connectivity index (χ2n) is 4.78. The van der Waals surface area contributed by atoms with Crippen LogP contribution in [0.4, 0.5) is 14.5 Å². The molecule has 1 unspecified atom stereocenters. The van der Waals surface area contributed by atoms with Gasteiger partial charge >= 0.3 is 6.61 Å². The summed E-state index contributed by atoms with van der Waals surface area (Å²) in [6.07, 6.45) is 0.864. The van der Waals surface area contributed by atoms with E-state index in [2.05, 4.69) is 15.0 Å². The van der Waals surface area contributed by atoms with Crippen LogP contribution in [0.1, 0.15) is 13.3 Å². The second-order valence-corrected chi connectivity index (χ2v) is 4.78. The van der Waals surface area contributed by atoms with Gasteiger partial charge in [-0.15, -0.1) is 24.0 Å². The highest BCUT2D eigenvalue weighted by atomic mass is 127. The van der Waals surface area contributed by atoms with Crippen molar-refractivity contribution in [2.45, 2.75) is 26.0 Å². The van der Waals surface area contributed by atoms with E-state index in [9.17, 15) is 8.78 Å². The molecule has 0 aliphatic carbocycles. The number of alkyl halides is 2. The molecule has 5 nitrogen and oxygen atoms in total. The molecule has 1 aliphatic rings. The number of nitrogens with zero attached hydrogens (tertiary/aromatic N) is 2. The second kappa shape index (κ2) is 8.96. The summed E-state index contributed by atoms with van der Waals surface area (Å²) in [7, 11) is 0. The standard InChI is InChI=1S/C14H20F2N4O.HI/c1-2-18-14(17)19-10-7-8-20(9-10)11-5-3-4-6-12(11)21-13(15)16;/h3-6,10,13H,2,7-9H2,1H3,(H3,17,18,19);1H. The normalized spacial score (nSPS) is 18.3. The van der Waals surface area contributed by atoms with E-state index in [-0.39, 0.29) is 35.8 Å². The van der Waals surface area contributed by atoms with Gasteiger partial charge in [-0.2, -0.15) is 8.78 Å². The number of halogens is 3. The Kier molecular flexibility index (Phi) is 7.63. The zero-order valence-corrected chi connectivity index (χ0v) is 14.7. The molecule has 1 aliphatic heterocycles. The summed E-state index contributed by atoms with van der Waals surface area (Å²) in [5.74, 6) is 0.616. The average molecular weight is 426 g/mol. The molecule has 3 N–H and O–H groups in total. The average Bonchev–Trinajstić information content (AvgIpc) is 2.87. The van der Waals surface area contributed by atoms with E-state index in [4.69, 9.17) is 5.73 Å². The summed E-state index contributed by atoms with van der Waals surface area (Å²) in [6, 6.07) is 6.97. The third-order valence-electron chi connectivity index (χ3n) is 3.29. The summed E-state index contributed by atoms with van der Waals surface area (Å²) < 4.78 is 29.4. The van der Waals surface area contributed by atoms with E-state index in [1.165, 1.54) is 0 Å². The van der Waals surface area contributed by atoms with Gasteiger partial charge in [-0.3, -0.25) is 4.99 Å². The Hall–Kier alpha value is -1.32. The van der Waals surface area contributed by atoms with Crippen molar-refractivity contribution in [2.75, 3.05) is 24.5 Å². The summed E-state index contributed by atoms with van der Waals surface area (Å²) in [4.78, 5) is 6.09. The highest BCUT2D eigenvalue weighted by Crippen LogP contribution is 2.31. The van der Waals surface area contributed by atoms with Crippen molar-refractivity contribution >= 4 is 35.6 Å². The van der Waals surface area contributed by atoms with Crippen molar-refractivity contribution in [3.63, 3.8) is 0 Å². The van der Waals surface area contributed by atoms with Gasteiger partial charge in [-0.1, -0.05) is 12.1 Å². The van der Waals surface area contributed by atoms with Crippen LogP contribution in [-0.2, 0) is 0 Å². The Balaban J connectivity index is 0.00000242. The fraction of sp³-hybridized carbons (Fsp3) is 0.500. The van der Waals surface area contributed by atoms with Gasteiger partial charge in [0.05, 0.1) is 5.69 Å². The number of aliphatic imine (C=N–C) groups is 1. The van der Waals surface area contributed by atoms with Crippen molar-refractivity contribution in [1.29, 1.82) is 0 Å². The number of guanidine groups is 1. The van der Waals surface area contributed by atoms with Crippen molar-refractivity contribution in [3.8, 4) is 5.75 Å². The predicted molar refractivity (Wildman–Crippen MR) is 94.4 cm³/mol. The fourth-order valence-electron chi connectivity index (χ4n) is 2.44. The van der Waals surface area contributed by atoms with Gasteiger partial charge in [0.1, 0.15) is 5.75 Å². The van der Waals surface area contributed by atoms with Crippen LogP contribution in [0, 0.1) is 0 Å². The zero-order valence-electron chi connectivity index (χ0n) is 12.3. The SMILES string of the molecule is CCN=C(N)NC1CCN(c2ccccc2OC(F)F)C1.I. The monoisotopic (exact) mass is 426 g/mol. The van der Waals surface area contributed by atoms with Crippen LogP contribution >= 0.6 is 24.0 Å². The van der Waals surface area contributed by atoms with Crippen LogP contribution in [0.3, 0.4) is 0 Å². The molecule has 1 aromatic carbocycles. The van der Waals surface area contributed by atoms with E-state index >= 15 is 0 Å². The topological polar surface area (TPSA) is 62.9 Å². The quantitative estimate of drug-likeness (QED) is 0.432. The molecule has 0 aromatic heterocycles. The molecule has 8 heteroatoms. The number of nitrogens with one attached hydrogen (secondary N) is 1. The minimum absolute atomic E-state index is 0. The Labute approximate surface area is 145 Å². The van der Waals surface area contributed by atoms with Crippen LogP contribution in [0.5, 0.6) is 5.75 Å². The molecule has 1 saturated heterocycles. The first-order valence-electron chi connectivity index (χ1n) is 6.95. The first-order valence-corrected chi connectivity index (χ1v) is 6.95. The summed E-state index contributed by atoms with van der Waals surface area (Å²) >= 11 is 0. The van der Waals surface area contributed by atoms with Crippen molar-refractivity contribution in [1.82, 2.24) is 5.32 Å². The number of rotatable bonds is 5. The molecule has 0 saturated carbocycles. The van der Waals surface area contributed by atoms with E-state index in [0.717, 1.165) is 13.0 Å². The molecular formula is C14H21F2IN4O. The van der Waals surface area contributed by atoms with Crippen LogP contribution in [0.2, 0.25) is 0 Å². The molecule has 0 amide bonds. The third-order valence-corrected chi connectivity index (χ3v) is 3.29. The maximum Gasteiger partial charge on any atom is 0.387 e. The number of nitrogens with two attached hydrogens (primary N) is 1. The first-order chi connectivity index (χ1) is 10.1. The summed E-state index contributed by atoms with van der Waals surface area (Å²) in [6.45, 7) is 1.13. The van der Waals surface area contributed by atoms with Gasteiger partial charge in [0, 0.05) is 25.7 Å². The number of hydrogen-bond acceptors (Lipinski definition) is 3. The number of ether oxygens (including phenoxy) is 1. The van der Waals surface area contributed by atoms with Crippen LogP contribution < -0.4 is 20.7 Å². The van der Waals surface area contributed by atoms with Gasteiger partial charge in [0.25, 0.3) is 0 Å².